The van der Waals surface area contributed by atoms with Gasteiger partial charge >= 0.3 is 5.97 Å². The molecule has 2 fully saturated rings. The summed E-state index contributed by atoms with van der Waals surface area (Å²) in [5.41, 5.74) is -1.39. The van der Waals surface area contributed by atoms with Crippen molar-refractivity contribution < 1.29 is 23.4 Å². The van der Waals surface area contributed by atoms with Gasteiger partial charge in [0.25, 0.3) is 10.0 Å². The van der Waals surface area contributed by atoms with Gasteiger partial charge in [0.05, 0.1) is 6.10 Å². The SMILES string of the molecule is CCc1ccc(S(=O)(=O)N2CC[C@@H](O)[C@@](CC3CC3)(C(=O)O)C2)s1. The molecule has 24 heavy (non-hydrogen) atoms. The van der Waals surface area contributed by atoms with E-state index in [0.717, 1.165) is 24.1 Å². The molecule has 2 atom stereocenters. The summed E-state index contributed by atoms with van der Waals surface area (Å²) >= 11 is 1.23. The van der Waals surface area contributed by atoms with Crippen LogP contribution >= 0.6 is 11.3 Å². The van der Waals surface area contributed by atoms with Gasteiger partial charge in [-0.15, -0.1) is 11.3 Å². The first-order chi connectivity index (χ1) is 11.3. The molecule has 1 saturated heterocycles. The first kappa shape index (κ1) is 17.8. The number of rotatable bonds is 6. The standard InChI is InChI=1S/C16H23NO5S2/c1-2-12-5-6-14(23-12)24(21,22)17-8-7-13(18)16(10-17,15(19)20)9-11-3-4-11/h5-6,11,13,18H,2-4,7-10H2,1H3,(H,19,20)/t13-,16+/m1/s1. The molecule has 1 aliphatic carbocycles. The Bertz CT molecular complexity index is 725. The zero-order valence-electron chi connectivity index (χ0n) is 13.6. The van der Waals surface area contributed by atoms with E-state index in [2.05, 4.69) is 0 Å². The molecule has 1 saturated carbocycles. The molecule has 8 heteroatoms. The predicted octanol–water partition coefficient (Wildman–Crippen LogP) is 1.94. The molecule has 134 valence electrons. The number of carboxylic acids is 1. The van der Waals surface area contributed by atoms with Gasteiger partial charge in [0.15, 0.2) is 0 Å². The number of aryl methyl sites for hydroxylation is 1. The maximum Gasteiger partial charge on any atom is 0.313 e. The number of piperidine rings is 1. The highest BCUT2D eigenvalue weighted by atomic mass is 32.2. The van der Waals surface area contributed by atoms with E-state index in [0.29, 0.717) is 6.42 Å². The Morgan fingerprint density at radius 1 is 1.38 bits per heavy atom. The molecular weight excluding hydrogens is 350 g/mol. The number of nitrogens with zero attached hydrogens (tertiary/aromatic N) is 1. The van der Waals surface area contributed by atoms with Crippen molar-refractivity contribution in [1.82, 2.24) is 4.31 Å². The zero-order chi connectivity index (χ0) is 17.5. The first-order valence-electron chi connectivity index (χ1n) is 8.30. The van der Waals surface area contributed by atoms with E-state index in [1.165, 1.54) is 15.6 Å². The minimum Gasteiger partial charge on any atom is -0.481 e. The zero-order valence-corrected chi connectivity index (χ0v) is 15.3. The number of thiophene rings is 1. The molecule has 0 amide bonds. The second-order valence-corrected chi connectivity index (χ2v) is 10.2. The number of sulfonamides is 1. The highest BCUT2D eigenvalue weighted by Gasteiger charge is 2.53. The molecule has 0 unspecified atom stereocenters. The smallest absolute Gasteiger partial charge is 0.313 e. The summed E-state index contributed by atoms with van der Waals surface area (Å²) in [6.45, 7) is 1.97. The number of hydrogen-bond donors (Lipinski definition) is 2. The predicted molar refractivity (Wildman–Crippen MR) is 90.5 cm³/mol. The van der Waals surface area contributed by atoms with Gasteiger partial charge in [-0.2, -0.15) is 4.31 Å². The summed E-state index contributed by atoms with van der Waals surface area (Å²) in [6.07, 6.45) is 2.18. The summed E-state index contributed by atoms with van der Waals surface area (Å²) in [5.74, 6) is -0.811. The monoisotopic (exact) mass is 373 g/mol. The van der Waals surface area contributed by atoms with Crippen molar-refractivity contribution in [3.8, 4) is 0 Å². The van der Waals surface area contributed by atoms with Gasteiger partial charge in [-0.3, -0.25) is 4.79 Å². The third-order valence-electron chi connectivity index (χ3n) is 5.10. The number of aliphatic carboxylic acids is 1. The molecule has 0 bridgehead atoms. The second kappa shape index (κ2) is 6.40. The normalized spacial score (nSPS) is 28.8. The quantitative estimate of drug-likeness (QED) is 0.795. The molecular formula is C16H23NO5S2. The lowest BCUT2D eigenvalue weighted by atomic mass is 9.74. The molecule has 1 aliphatic heterocycles. The van der Waals surface area contributed by atoms with Crippen LogP contribution in [0.3, 0.4) is 0 Å². The van der Waals surface area contributed by atoms with Gasteiger partial charge in [0.1, 0.15) is 9.62 Å². The van der Waals surface area contributed by atoms with Gasteiger partial charge < -0.3 is 10.2 Å². The number of carbonyl (C=O) groups is 1. The van der Waals surface area contributed by atoms with E-state index in [-0.39, 0.29) is 29.6 Å². The molecule has 0 aromatic carbocycles. The van der Waals surface area contributed by atoms with Crippen molar-refractivity contribution in [1.29, 1.82) is 0 Å². The highest BCUT2D eigenvalue weighted by Crippen LogP contribution is 2.46. The fourth-order valence-corrected chi connectivity index (χ4v) is 6.37. The van der Waals surface area contributed by atoms with E-state index in [1.807, 2.05) is 6.92 Å². The third-order valence-corrected chi connectivity index (χ3v) is 8.65. The lowest BCUT2D eigenvalue weighted by Crippen LogP contribution is -2.57. The Morgan fingerprint density at radius 3 is 2.62 bits per heavy atom. The van der Waals surface area contributed by atoms with Crippen molar-refractivity contribution in [3.05, 3.63) is 17.0 Å². The van der Waals surface area contributed by atoms with Crippen LogP contribution in [0.4, 0.5) is 0 Å². The molecule has 2 aliphatic rings. The van der Waals surface area contributed by atoms with E-state index in [4.69, 9.17) is 0 Å². The fourth-order valence-electron chi connectivity index (χ4n) is 3.40. The number of aliphatic hydroxyl groups is 1. The summed E-state index contributed by atoms with van der Waals surface area (Å²) < 4.78 is 27.3. The average molecular weight is 373 g/mol. The van der Waals surface area contributed by atoms with Gasteiger partial charge in [-0.05, 0) is 37.3 Å². The Kier molecular flexibility index (Phi) is 4.76. The lowest BCUT2D eigenvalue weighted by Gasteiger charge is -2.42. The van der Waals surface area contributed by atoms with Gasteiger partial charge in [-0.1, -0.05) is 19.8 Å². The summed E-state index contributed by atoms with van der Waals surface area (Å²) in [4.78, 5) is 12.9. The second-order valence-electron chi connectivity index (χ2n) is 6.83. The Morgan fingerprint density at radius 2 is 2.08 bits per heavy atom. The van der Waals surface area contributed by atoms with Crippen LogP contribution in [0.1, 0.15) is 37.5 Å². The van der Waals surface area contributed by atoms with E-state index >= 15 is 0 Å². The molecule has 1 aromatic rings. The van der Waals surface area contributed by atoms with Crippen LogP contribution < -0.4 is 0 Å². The number of carboxylic acid groups (broad SMARTS) is 1. The maximum atomic E-state index is 12.9. The van der Waals surface area contributed by atoms with Crippen LogP contribution in [-0.2, 0) is 21.2 Å². The minimum absolute atomic E-state index is 0.151. The van der Waals surface area contributed by atoms with Gasteiger partial charge in [-0.25, -0.2) is 8.42 Å². The van der Waals surface area contributed by atoms with Crippen LogP contribution in [0, 0.1) is 11.3 Å². The highest BCUT2D eigenvalue weighted by molar-refractivity contribution is 7.91. The summed E-state index contributed by atoms with van der Waals surface area (Å²) in [5, 5.41) is 20.1. The minimum atomic E-state index is -3.72. The molecule has 0 radical (unpaired) electrons. The van der Waals surface area contributed by atoms with Crippen molar-refractivity contribution in [2.24, 2.45) is 11.3 Å². The first-order valence-corrected chi connectivity index (χ1v) is 10.6. The molecule has 2 N–H and O–H groups in total. The maximum absolute atomic E-state index is 12.9. The van der Waals surface area contributed by atoms with Crippen LogP contribution in [0.15, 0.2) is 16.3 Å². The topological polar surface area (TPSA) is 94.9 Å². The molecule has 1 aromatic heterocycles. The van der Waals surface area contributed by atoms with Crippen LogP contribution in [-0.4, -0.2) is 48.1 Å². The molecule has 2 heterocycles. The lowest BCUT2D eigenvalue weighted by molar-refractivity contribution is -0.162. The number of aliphatic hydroxyl groups excluding tert-OH is 1. The van der Waals surface area contributed by atoms with Crippen LogP contribution in [0.25, 0.3) is 0 Å². The Labute approximate surface area is 146 Å². The van der Waals surface area contributed by atoms with Crippen molar-refractivity contribution in [2.45, 2.75) is 49.3 Å². The molecule has 3 rings (SSSR count). The Balaban J connectivity index is 1.89. The van der Waals surface area contributed by atoms with E-state index in [9.17, 15) is 23.4 Å². The van der Waals surface area contributed by atoms with Gasteiger partial charge in [0, 0.05) is 18.0 Å². The summed E-state index contributed by atoms with van der Waals surface area (Å²) in [7, 11) is -3.72. The van der Waals surface area contributed by atoms with Gasteiger partial charge in [0.2, 0.25) is 0 Å². The van der Waals surface area contributed by atoms with Crippen LogP contribution in [0.5, 0.6) is 0 Å². The van der Waals surface area contributed by atoms with Crippen molar-refractivity contribution in [2.75, 3.05) is 13.1 Å². The van der Waals surface area contributed by atoms with Crippen molar-refractivity contribution >= 4 is 27.3 Å². The molecule has 0 spiro atoms. The average Bonchev–Trinajstić information content (AvgIpc) is 3.21. The summed E-state index contributed by atoms with van der Waals surface area (Å²) in [6, 6.07) is 3.39. The third kappa shape index (κ3) is 3.12. The van der Waals surface area contributed by atoms with Crippen molar-refractivity contribution in [3.63, 3.8) is 0 Å². The van der Waals surface area contributed by atoms with E-state index < -0.39 is 27.5 Å². The Hall–Kier alpha value is -0.960. The largest absolute Gasteiger partial charge is 0.481 e. The number of hydrogen-bond acceptors (Lipinski definition) is 5. The fraction of sp³-hybridized carbons (Fsp3) is 0.688. The molecule has 6 nitrogen and oxygen atoms in total. The van der Waals surface area contributed by atoms with Crippen LogP contribution in [0.2, 0.25) is 0 Å². The van der Waals surface area contributed by atoms with E-state index in [1.54, 1.807) is 12.1 Å².